The molecule has 8 heteroatoms. The summed E-state index contributed by atoms with van der Waals surface area (Å²) in [5.74, 6) is -0.473. The lowest BCUT2D eigenvalue weighted by Gasteiger charge is -2.29. The highest BCUT2D eigenvalue weighted by molar-refractivity contribution is 7.87. The number of hydrogen-bond acceptors (Lipinski definition) is 5. The van der Waals surface area contributed by atoms with Crippen LogP contribution in [0.1, 0.15) is 41.8 Å². The van der Waals surface area contributed by atoms with Gasteiger partial charge in [0.25, 0.3) is 5.91 Å². The van der Waals surface area contributed by atoms with Gasteiger partial charge in [-0.3, -0.25) is 4.79 Å². The molecule has 0 aliphatic heterocycles. The molecule has 0 spiro atoms. The average molecular weight is 486 g/mol. The Labute approximate surface area is 200 Å². The molecule has 6 nitrogen and oxygen atoms in total. The molecule has 3 aromatic rings. The van der Waals surface area contributed by atoms with Gasteiger partial charge in [0.2, 0.25) is 0 Å². The van der Waals surface area contributed by atoms with E-state index in [9.17, 15) is 17.6 Å². The van der Waals surface area contributed by atoms with Crippen molar-refractivity contribution in [3.63, 3.8) is 0 Å². The summed E-state index contributed by atoms with van der Waals surface area (Å²) >= 11 is 0. The van der Waals surface area contributed by atoms with Crippen molar-refractivity contribution in [2.24, 2.45) is 0 Å². The summed E-state index contributed by atoms with van der Waals surface area (Å²) in [6, 6.07) is 16.6. The Bertz CT molecular complexity index is 1240. The Morgan fingerprint density at radius 2 is 1.65 bits per heavy atom. The first-order valence-electron chi connectivity index (χ1n) is 10.9. The van der Waals surface area contributed by atoms with E-state index in [1.807, 2.05) is 32.9 Å². The standard InChI is InChI=1S/C26H28FNO5S/c1-5-19(3)28(26(29)21-9-6-18(2)7-10-21)17-20-8-15-24(32-4)25(16-20)33-34(30,31)23-13-11-22(27)12-14-23/h6-16,19H,5,17H2,1-4H3. The highest BCUT2D eigenvalue weighted by Gasteiger charge is 2.23. The number of nitrogens with zero attached hydrogens (tertiary/aromatic N) is 1. The lowest BCUT2D eigenvalue weighted by molar-refractivity contribution is 0.0671. The van der Waals surface area contributed by atoms with Gasteiger partial charge in [-0.05, 0) is 74.4 Å². The molecule has 0 saturated carbocycles. The zero-order valence-electron chi connectivity index (χ0n) is 19.6. The molecule has 0 aliphatic rings. The predicted molar refractivity (Wildman–Crippen MR) is 128 cm³/mol. The second kappa shape index (κ2) is 10.7. The van der Waals surface area contributed by atoms with E-state index in [4.69, 9.17) is 8.92 Å². The molecule has 0 heterocycles. The molecule has 0 radical (unpaired) electrons. The van der Waals surface area contributed by atoms with Crippen LogP contribution < -0.4 is 8.92 Å². The summed E-state index contributed by atoms with van der Waals surface area (Å²) in [7, 11) is -2.82. The molecule has 3 aromatic carbocycles. The van der Waals surface area contributed by atoms with Crippen molar-refractivity contribution in [3.05, 3.63) is 89.2 Å². The van der Waals surface area contributed by atoms with Gasteiger partial charge in [-0.25, -0.2) is 4.39 Å². The van der Waals surface area contributed by atoms with Gasteiger partial charge in [-0.1, -0.05) is 30.7 Å². The minimum atomic E-state index is -4.22. The number of amides is 1. The van der Waals surface area contributed by atoms with Crippen LogP contribution in [0.25, 0.3) is 0 Å². The third kappa shape index (κ3) is 5.94. The zero-order valence-corrected chi connectivity index (χ0v) is 20.4. The number of aryl methyl sites for hydroxylation is 1. The van der Waals surface area contributed by atoms with E-state index in [0.717, 1.165) is 36.2 Å². The third-order valence-corrected chi connectivity index (χ3v) is 6.81. The minimum absolute atomic E-state index is 0.0174. The molecule has 0 bridgehead atoms. The van der Waals surface area contributed by atoms with Gasteiger partial charge in [-0.2, -0.15) is 8.42 Å². The fraction of sp³-hybridized carbons (Fsp3) is 0.269. The number of hydrogen-bond donors (Lipinski definition) is 0. The van der Waals surface area contributed by atoms with Crippen LogP contribution in [-0.4, -0.2) is 32.4 Å². The Morgan fingerprint density at radius 1 is 1.00 bits per heavy atom. The van der Waals surface area contributed by atoms with Crippen LogP contribution in [0.5, 0.6) is 11.5 Å². The van der Waals surface area contributed by atoms with Crippen LogP contribution in [0, 0.1) is 12.7 Å². The smallest absolute Gasteiger partial charge is 0.339 e. The van der Waals surface area contributed by atoms with E-state index in [-0.39, 0.29) is 34.9 Å². The van der Waals surface area contributed by atoms with Crippen molar-refractivity contribution in [1.29, 1.82) is 0 Å². The molecule has 34 heavy (non-hydrogen) atoms. The van der Waals surface area contributed by atoms with Gasteiger partial charge in [0.15, 0.2) is 11.5 Å². The first-order valence-corrected chi connectivity index (χ1v) is 12.3. The summed E-state index contributed by atoms with van der Waals surface area (Å²) in [5, 5.41) is 0. The van der Waals surface area contributed by atoms with Gasteiger partial charge in [-0.15, -0.1) is 0 Å². The summed E-state index contributed by atoms with van der Waals surface area (Å²) in [6.07, 6.45) is 0.746. The van der Waals surface area contributed by atoms with E-state index in [1.165, 1.54) is 13.2 Å². The first kappa shape index (κ1) is 25.2. The Morgan fingerprint density at radius 3 is 2.24 bits per heavy atom. The molecule has 0 aliphatic carbocycles. The van der Waals surface area contributed by atoms with Crippen molar-refractivity contribution < 1.29 is 26.5 Å². The van der Waals surface area contributed by atoms with E-state index < -0.39 is 15.9 Å². The number of carbonyl (C=O) groups excluding carboxylic acids is 1. The Kier molecular flexibility index (Phi) is 7.94. The molecule has 0 saturated heterocycles. The first-order chi connectivity index (χ1) is 16.1. The van der Waals surface area contributed by atoms with Crippen LogP contribution in [0.2, 0.25) is 0 Å². The quantitative estimate of drug-likeness (QED) is 0.382. The molecular weight excluding hydrogens is 457 g/mol. The highest BCUT2D eigenvalue weighted by atomic mass is 32.2. The number of rotatable bonds is 9. The third-order valence-electron chi connectivity index (χ3n) is 5.57. The maximum Gasteiger partial charge on any atom is 0.339 e. The van der Waals surface area contributed by atoms with E-state index in [2.05, 4.69) is 0 Å². The van der Waals surface area contributed by atoms with Crippen molar-refractivity contribution in [1.82, 2.24) is 4.90 Å². The number of halogens is 1. The molecule has 0 aromatic heterocycles. The Balaban J connectivity index is 1.91. The van der Waals surface area contributed by atoms with E-state index in [1.54, 1.807) is 29.2 Å². The molecule has 180 valence electrons. The SMILES string of the molecule is CCC(C)N(Cc1ccc(OC)c(OS(=O)(=O)c2ccc(F)cc2)c1)C(=O)c1ccc(C)cc1. The number of methoxy groups -OCH3 is 1. The van der Waals surface area contributed by atoms with Crippen LogP contribution in [-0.2, 0) is 16.7 Å². The second-order valence-electron chi connectivity index (χ2n) is 8.03. The van der Waals surface area contributed by atoms with E-state index >= 15 is 0 Å². The summed E-state index contributed by atoms with van der Waals surface area (Å²) in [6.45, 7) is 6.17. The molecule has 1 unspecified atom stereocenters. The number of carbonyl (C=O) groups is 1. The lowest BCUT2D eigenvalue weighted by Crippen LogP contribution is -2.37. The molecule has 0 N–H and O–H groups in total. The topological polar surface area (TPSA) is 72.9 Å². The molecule has 1 atom stereocenters. The van der Waals surface area contributed by atoms with Crippen LogP contribution in [0.4, 0.5) is 4.39 Å². The van der Waals surface area contributed by atoms with Crippen LogP contribution >= 0.6 is 0 Å². The van der Waals surface area contributed by atoms with Gasteiger partial charge >= 0.3 is 10.1 Å². The maximum atomic E-state index is 13.3. The molecule has 3 rings (SSSR count). The van der Waals surface area contributed by atoms with E-state index in [0.29, 0.717) is 11.1 Å². The summed E-state index contributed by atoms with van der Waals surface area (Å²) in [5.41, 5.74) is 2.31. The zero-order chi connectivity index (χ0) is 24.9. The summed E-state index contributed by atoms with van der Waals surface area (Å²) in [4.78, 5) is 14.8. The number of ether oxygens (including phenoxy) is 1. The lowest BCUT2D eigenvalue weighted by atomic mass is 10.1. The normalized spacial score (nSPS) is 12.1. The maximum absolute atomic E-state index is 13.3. The highest BCUT2D eigenvalue weighted by Crippen LogP contribution is 2.32. The van der Waals surface area contributed by atoms with Gasteiger partial charge in [0.05, 0.1) is 7.11 Å². The molecule has 1 amide bonds. The van der Waals surface area contributed by atoms with Gasteiger partial charge in [0.1, 0.15) is 10.7 Å². The average Bonchev–Trinajstić information content (AvgIpc) is 2.82. The molecular formula is C26H28FNO5S. The van der Waals surface area contributed by atoms with Gasteiger partial charge in [0, 0.05) is 18.2 Å². The van der Waals surface area contributed by atoms with Crippen molar-refractivity contribution in [2.45, 2.75) is 44.7 Å². The van der Waals surface area contributed by atoms with Crippen molar-refractivity contribution in [3.8, 4) is 11.5 Å². The van der Waals surface area contributed by atoms with Crippen molar-refractivity contribution >= 4 is 16.0 Å². The Hall–Kier alpha value is -3.39. The summed E-state index contributed by atoms with van der Waals surface area (Å²) < 4.78 is 49.3. The monoisotopic (exact) mass is 485 g/mol. The fourth-order valence-electron chi connectivity index (χ4n) is 3.36. The second-order valence-corrected chi connectivity index (χ2v) is 9.58. The minimum Gasteiger partial charge on any atom is -0.493 e. The van der Waals surface area contributed by atoms with Gasteiger partial charge < -0.3 is 13.8 Å². The van der Waals surface area contributed by atoms with Crippen molar-refractivity contribution in [2.75, 3.05) is 7.11 Å². The number of benzene rings is 3. The largest absolute Gasteiger partial charge is 0.493 e. The predicted octanol–water partition coefficient (Wildman–Crippen LogP) is 5.35. The molecule has 0 fully saturated rings. The fourth-order valence-corrected chi connectivity index (χ4v) is 4.29. The van der Waals surface area contributed by atoms with Crippen LogP contribution in [0.3, 0.4) is 0 Å². The van der Waals surface area contributed by atoms with Crippen LogP contribution in [0.15, 0.2) is 71.6 Å².